The molecule has 0 bridgehead atoms. The Bertz CT molecular complexity index is 366. The number of Topliss-reactive ketones (excluding diaryl/α,β-unsaturated/α-hetero) is 1. The first-order chi connectivity index (χ1) is 7.04. The number of carbonyl (C=O) groups excluding carboxylic acids is 1. The summed E-state index contributed by atoms with van der Waals surface area (Å²) in [5.74, 6) is -0.580. The Morgan fingerprint density at radius 1 is 1.60 bits per heavy atom. The van der Waals surface area contributed by atoms with Crippen LogP contribution in [0.15, 0.2) is 23.1 Å². The molecule has 82 valence electrons. The third kappa shape index (κ3) is 3.32. The lowest BCUT2D eigenvalue weighted by Crippen LogP contribution is -2.04. The molecule has 1 unspecified atom stereocenters. The maximum atomic E-state index is 12.9. The van der Waals surface area contributed by atoms with Crippen molar-refractivity contribution in [2.75, 3.05) is 6.61 Å². The fourth-order valence-corrected chi connectivity index (χ4v) is 2.12. The molecular weight excluding hydrogens is 215 g/mol. The van der Waals surface area contributed by atoms with Gasteiger partial charge < -0.3 is 5.11 Å². The monoisotopic (exact) mass is 228 g/mol. The van der Waals surface area contributed by atoms with E-state index in [4.69, 9.17) is 5.11 Å². The quantitative estimate of drug-likeness (QED) is 0.635. The van der Waals surface area contributed by atoms with Crippen LogP contribution in [0.25, 0.3) is 0 Å². The van der Waals surface area contributed by atoms with E-state index in [1.165, 1.54) is 30.8 Å². The minimum atomic E-state index is -0.416. The molecule has 15 heavy (non-hydrogen) atoms. The van der Waals surface area contributed by atoms with Crippen LogP contribution >= 0.6 is 11.8 Å². The van der Waals surface area contributed by atoms with Crippen molar-refractivity contribution in [3.8, 4) is 0 Å². The number of aliphatic hydroxyl groups excluding tert-OH is 1. The summed E-state index contributed by atoms with van der Waals surface area (Å²) in [6, 6.07) is 4.12. The highest BCUT2D eigenvalue weighted by Gasteiger charge is 2.11. The number of rotatable bonds is 4. The summed E-state index contributed by atoms with van der Waals surface area (Å²) < 4.78 is 12.9. The summed E-state index contributed by atoms with van der Waals surface area (Å²) >= 11 is 1.37. The molecule has 0 saturated heterocycles. The molecule has 0 radical (unpaired) electrons. The number of carbonyl (C=O) groups is 1. The van der Waals surface area contributed by atoms with E-state index >= 15 is 0 Å². The second-order valence-electron chi connectivity index (χ2n) is 3.31. The van der Waals surface area contributed by atoms with Gasteiger partial charge in [0.05, 0.1) is 6.61 Å². The molecular formula is C11H13FO2S. The Labute approximate surface area is 92.5 Å². The van der Waals surface area contributed by atoms with Gasteiger partial charge in [0.2, 0.25) is 0 Å². The van der Waals surface area contributed by atoms with Gasteiger partial charge >= 0.3 is 0 Å². The number of ketones is 1. The van der Waals surface area contributed by atoms with Crippen LogP contribution < -0.4 is 0 Å². The van der Waals surface area contributed by atoms with E-state index < -0.39 is 5.82 Å². The molecule has 0 heterocycles. The SMILES string of the molecule is CC(=O)c1cc(F)ccc1SC(C)CO. The molecule has 1 atom stereocenters. The third-order valence-corrected chi connectivity index (χ3v) is 3.07. The van der Waals surface area contributed by atoms with Crippen LogP contribution in [-0.4, -0.2) is 22.7 Å². The molecule has 0 aliphatic heterocycles. The average Bonchev–Trinajstić information content (AvgIpc) is 2.20. The lowest BCUT2D eigenvalue weighted by Gasteiger charge is -2.10. The Kier molecular flexibility index (Phi) is 4.29. The van der Waals surface area contributed by atoms with E-state index in [1.807, 2.05) is 6.92 Å². The molecule has 0 aliphatic rings. The van der Waals surface area contributed by atoms with Crippen molar-refractivity contribution >= 4 is 17.5 Å². The molecule has 0 saturated carbocycles. The molecule has 0 amide bonds. The Morgan fingerprint density at radius 2 is 2.27 bits per heavy atom. The molecule has 1 rings (SSSR count). The van der Waals surface area contributed by atoms with Gasteiger partial charge in [-0.05, 0) is 25.1 Å². The van der Waals surface area contributed by atoms with E-state index in [0.29, 0.717) is 10.5 Å². The number of benzene rings is 1. The Balaban J connectivity index is 3.01. The summed E-state index contributed by atoms with van der Waals surface area (Å²) in [6.45, 7) is 3.28. The fraction of sp³-hybridized carbons (Fsp3) is 0.364. The molecule has 1 aromatic rings. The van der Waals surface area contributed by atoms with Crippen LogP contribution in [0.1, 0.15) is 24.2 Å². The lowest BCUT2D eigenvalue weighted by molar-refractivity contribution is 0.101. The number of aliphatic hydroxyl groups is 1. The molecule has 1 N–H and O–H groups in total. The van der Waals surface area contributed by atoms with Crippen LogP contribution in [0.3, 0.4) is 0 Å². The minimum Gasteiger partial charge on any atom is -0.395 e. The van der Waals surface area contributed by atoms with Crippen molar-refractivity contribution in [2.24, 2.45) is 0 Å². The lowest BCUT2D eigenvalue weighted by atomic mass is 10.1. The highest BCUT2D eigenvalue weighted by molar-refractivity contribution is 8.00. The summed E-state index contributed by atoms with van der Waals surface area (Å²) in [7, 11) is 0. The minimum absolute atomic E-state index is 0.00596. The first-order valence-electron chi connectivity index (χ1n) is 4.62. The van der Waals surface area contributed by atoms with E-state index in [0.717, 1.165) is 0 Å². The van der Waals surface area contributed by atoms with E-state index in [-0.39, 0.29) is 17.6 Å². The zero-order chi connectivity index (χ0) is 11.4. The van der Waals surface area contributed by atoms with Crippen molar-refractivity contribution in [1.29, 1.82) is 0 Å². The molecule has 0 aliphatic carbocycles. The number of hydrogen-bond donors (Lipinski definition) is 1. The van der Waals surface area contributed by atoms with Gasteiger partial charge in [0.1, 0.15) is 5.82 Å². The number of halogens is 1. The van der Waals surface area contributed by atoms with Crippen LogP contribution in [0.2, 0.25) is 0 Å². The van der Waals surface area contributed by atoms with Crippen LogP contribution in [-0.2, 0) is 0 Å². The van der Waals surface area contributed by atoms with Gasteiger partial charge in [-0.1, -0.05) is 6.92 Å². The Morgan fingerprint density at radius 3 is 2.80 bits per heavy atom. The topological polar surface area (TPSA) is 37.3 Å². The first kappa shape index (κ1) is 12.2. The van der Waals surface area contributed by atoms with Crippen molar-refractivity contribution in [3.63, 3.8) is 0 Å². The largest absolute Gasteiger partial charge is 0.395 e. The van der Waals surface area contributed by atoms with E-state index in [1.54, 1.807) is 6.07 Å². The highest BCUT2D eigenvalue weighted by atomic mass is 32.2. The summed E-state index contributed by atoms with van der Waals surface area (Å²) in [4.78, 5) is 12.0. The van der Waals surface area contributed by atoms with E-state index in [9.17, 15) is 9.18 Å². The smallest absolute Gasteiger partial charge is 0.161 e. The van der Waals surface area contributed by atoms with Gasteiger partial charge in [0, 0.05) is 15.7 Å². The normalized spacial score (nSPS) is 12.5. The van der Waals surface area contributed by atoms with Gasteiger partial charge in [-0.2, -0.15) is 0 Å². The van der Waals surface area contributed by atoms with Crippen LogP contribution in [0.5, 0.6) is 0 Å². The molecule has 0 fully saturated rings. The molecule has 0 aromatic heterocycles. The van der Waals surface area contributed by atoms with Gasteiger partial charge in [0.15, 0.2) is 5.78 Å². The maximum absolute atomic E-state index is 12.9. The molecule has 0 spiro atoms. The van der Waals surface area contributed by atoms with Gasteiger partial charge in [-0.15, -0.1) is 11.8 Å². The first-order valence-corrected chi connectivity index (χ1v) is 5.50. The molecule has 1 aromatic carbocycles. The second-order valence-corrected chi connectivity index (χ2v) is 4.79. The third-order valence-electron chi connectivity index (χ3n) is 1.91. The van der Waals surface area contributed by atoms with Crippen molar-refractivity contribution in [2.45, 2.75) is 24.0 Å². The van der Waals surface area contributed by atoms with Gasteiger partial charge in [-0.25, -0.2) is 4.39 Å². The summed E-state index contributed by atoms with van der Waals surface area (Å²) in [5.41, 5.74) is 0.375. The van der Waals surface area contributed by atoms with Gasteiger partial charge in [-0.3, -0.25) is 4.79 Å². The second kappa shape index (κ2) is 5.28. The number of thioether (sulfide) groups is 1. The average molecular weight is 228 g/mol. The standard InChI is InChI=1S/C11H13FO2S/c1-7(6-13)15-11-4-3-9(12)5-10(11)8(2)14/h3-5,7,13H,6H2,1-2H3. The molecule has 2 nitrogen and oxygen atoms in total. The van der Waals surface area contributed by atoms with Crippen LogP contribution in [0.4, 0.5) is 4.39 Å². The maximum Gasteiger partial charge on any atom is 0.161 e. The zero-order valence-electron chi connectivity index (χ0n) is 8.66. The molecule has 4 heteroatoms. The predicted octanol–water partition coefficient (Wildman–Crippen LogP) is 2.50. The van der Waals surface area contributed by atoms with Crippen molar-refractivity contribution in [1.82, 2.24) is 0 Å². The van der Waals surface area contributed by atoms with Crippen LogP contribution in [0, 0.1) is 5.82 Å². The Hall–Kier alpha value is -0.870. The van der Waals surface area contributed by atoms with E-state index in [2.05, 4.69) is 0 Å². The summed E-state index contributed by atoms with van der Waals surface area (Å²) in [6.07, 6.45) is 0. The zero-order valence-corrected chi connectivity index (χ0v) is 9.47. The predicted molar refractivity (Wildman–Crippen MR) is 58.8 cm³/mol. The highest BCUT2D eigenvalue weighted by Crippen LogP contribution is 2.27. The number of hydrogen-bond acceptors (Lipinski definition) is 3. The van der Waals surface area contributed by atoms with Gasteiger partial charge in [0.25, 0.3) is 0 Å². The van der Waals surface area contributed by atoms with Crippen molar-refractivity contribution < 1.29 is 14.3 Å². The summed E-state index contributed by atoms with van der Waals surface area (Å²) in [5, 5.41) is 8.89. The van der Waals surface area contributed by atoms with Crippen molar-refractivity contribution in [3.05, 3.63) is 29.6 Å². The fourth-order valence-electron chi connectivity index (χ4n) is 1.13.